The van der Waals surface area contributed by atoms with Crippen molar-refractivity contribution in [2.75, 3.05) is 30.1 Å². The van der Waals surface area contributed by atoms with Gasteiger partial charge >= 0.3 is 0 Å². The molecule has 2 aromatic carbocycles. The highest BCUT2D eigenvalue weighted by Gasteiger charge is 2.18. The summed E-state index contributed by atoms with van der Waals surface area (Å²) in [5.41, 5.74) is 11.2. The topological polar surface area (TPSA) is 108 Å². The van der Waals surface area contributed by atoms with Crippen molar-refractivity contribution < 1.29 is 4.74 Å². The molecule has 1 aliphatic rings. The Labute approximate surface area is 203 Å². The van der Waals surface area contributed by atoms with Gasteiger partial charge in [0.1, 0.15) is 11.8 Å². The molecule has 0 amide bonds. The lowest BCUT2D eigenvalue weighted by molar-refractivity contribution is 0.417. The lowest BCUT2D eigenvalue weighted by Crippen LogP contribution is -2.17. The average molecular weight is 465 g/mol. The van der Waals surface area contributed by atoms with Crippen molar-refractivity contribution in [3.05, 3.63) is 79.2 Å². The summed E-state index contributed by atoms with van der Waals surface area (Å²) in [6, 6.07) is 13.9. The molecular weight excluding hydrogens is 440 g/mol. The minimum atomic E-state index is 0.330. The SMILES string of the molecule is COc1cc(N2C=CN(C)C=C2)c(N)cc1Nc1ncc(C#N)c(-c2cn(C)c3ccccc23)n1. The van der Waals surface area contributed by atoms with Gasteiger partial charge in [0.25, 0.3) is 0 Å². The number of anilines is 4. The molecule has 174 valence electrons. The van der Waals surface area contributed by atoms with Crippen LogP contribution in [-0.2, 0) is 7.05 Å². The Morgan fingerprint density at radius 3 is 2.60 bits per heavy atom. The number of fused-ring (bicyclic) bond motifs is 1. The van der Waals surface area contributed by atoms with Gasteiger partial charge in [0.15, 0.2) is 0 Å². The van der Waals surface area contributed by atoms with E-state index in [-0.39, 0.29) is 0 Å². The van der Waals surface area contributed by atoms with Gasteiger partial charge < -0.3 is 30.2 Å². The summed E-state index contributed by atoms with van der Waals surface area (Å²) in [5.74, 6) is 0.909. The Hall–Kier alpha value is -4.97. The molecule has 35 heavy (non-hydrogen) atoms. The van der Waals surface area contributed by atoms with Gasteiger partial charge in [0, 0.05) is 67.6 Å². The molecule has 0 unspecified atom stereocenters. The van der Waals surface area contributed by atoms with E-state index in [4.69, 9.17) is 15.5 Å². The molecule has 0 spiro atoms. The number of para-hydroxylation sites is 1. The van der Waals surface area contributed by atoms with E-state index in [2.05, 4.69) is 16.4 Å². The number of nitrogens with zero attached hydrogens (tertiary/aromatic N) is 6. The minimum Gasteiger partial charge on any atom is -0.494 e. The second-order valence-corrected chi connectivity index (χ2v) is 8.14. The van der Waals surface area contributed by atoms with E-state index in [0.717, 1.165) is 22.2 Å². The summed E-state index contributed by atoms with van der Waals surface area (Å²) in [6.07, 6.45) is 11.2. The van der Waals surface area contributed by atoms with E-state index in [9.17, 15) is 5.26 Å². The van der Waals surface area contributed by atoms with Crippen LogP contribution in [0.4, 0.5) is 23.0 Å². The van der Waals surface area contributed by atoms with Gasteiger partial charge in [0.2, 0.25) is 5.95 Å². The standard InChI is InChI=1S/C26H24N8O/c1-32-8-10-34(11-9-32)23-13-24(35-3)21(12-20(23)28)30-26-29-15-17(14-27)25(31-26)19-16-33(2)22-7-5-4-6-18(19)22/h4-13,15-16H,28H2,1-3H3,(H,29,30,31). The second kappa shape index (κ2) is 8.76. The molecule has 3 N–H and O–H groups in total. The number of methoxy groups -OCH3 is 1. The molecule has 4 aromatic rings. The fourth-order valence-electron chi connectivity index (χ4n) is 4.07. The van der Waals surface area contributed by atoms with Gasteiger partial charge in [-0.3, -0.25) is 0 Å². The summed E-state index contributed by atoms with van der Waals surface area (Å²) in [7, 11) is 5.51. The number of aryl methyl sites for hydroxylation is 1. The van der Waals surface area contributed by atoms with Crippen molar-refractivity contribution in [2.45, 2.75) is 0 Å². The normalized spacial score (nSPS) is 12.7. The van der Waals surface area contributed by atoms with Gasteiger partial charge in [-0.15, -0.1) is 0 Å². The van der Waals surface area contributed by atoms with Crippen LogP contribution in [0.1, 0.15) is 5.56 Å². The number of aromatic nitrogens is 3. The van der Waals surface area contributed by atoms with Crippen molar-refractivity contribution in [1.82, 2.24) is 19.4 Å². The van der Waals surface area contributed by atoms with E-state index in [1.807, 2.05) is 89.8 Å². The fraction of sp³-hybridized carbons (Fsp3) is 0.115. The highest BCUT2D eigenvalue weighted by molar-refractivity contribution is 5.96. The molecule has 0 bridgehead atoms. The van der Waals surface area contributed by atoms with Crippen LogP contribution in [0.15, 0.2) is 73.6 Å². The summed E-state index contributed by atoms with van der Waals surface area (Å²) in [6.45, 7) is 0. The molecule has 3 heterocycles. The third-order valence-corrected chi connectivity index (χ3v) is 5.86. The number of ether oxygens (including phenoxy) is 1. The van der Waals surface area contributed by atoms with Crippen LogP contribution in [0.3, 0.4) is 0 Å². The predicted molar refractivity (Wildman–Crippen MR) is 138 cm³/mol. The van der Waals surface area contributed by atoms with Crippen LogP contribution >= 0.6 is 0 Å². The minimum absolute atomic E-state index is 0.330. The van der Waals surface area contributed by atoms with Gasteiger partial charge in [0.05, 0.1) is 41.6 Å². The van der Waals surface area contributed by atoms with Crippen molar-refractivity contribution in [3.8, 4) is 23.1 Å². The first-order valence-electron chi connectivity index (χ1n) is 10.9. The van der Waals surface area contributed by atoms with Crippen molar-refractivity contribution >= 4 is 33.9 Å². The third-order valence-electron chi connectivity index (χ3n) is 5.86. The number of benzene rings is 2. The van der Waals surface area contributed by atoms with Crippen LogP contribution in [0, 0.1) is 11.3 Å². The van der Waals surface area contributed by atoms with Crippen molar-refractivity contribution in [2.24, 2.45) is 7.05 Å². The number of nitrogens with two attached hydrogens (primary N) is 1. The van der Waals surface area contributed by atoms with Gasteiger partial charge in [-0.2, -0.15) is 5.26 Å². The largest absolute Gasteiger partial charge is 0.494 e. The van der Waals surface area contributed by atoms with Crippen LogP contribution in [0.2, 0.25) is 0 Å². The lowest BCUT2D eigenvalue weighted by Gasteiger charge is -2.24. The first-order valence-corrected chi connectivity index (χ1v) is 10.9. The molecule has 1 aliphatic heterocycles. The first kappa shape index (κ1) is 21.9. The van der Waals surface area contributed by atoms with E-state index < -0.39 is 0 Å². The van der Waals surface area contributed by atoms with E-state index in [1.165, 1.54) is 6.20 Å². The molecule has 0 fully saturated rings. The molecule has 0 aliphatic carbocycles. The molecule has 0 radical (unpaired) electrons. The number of hydrogen-bond acceptors (Lipinski definition) is 8. The molecule has 2 aromatic heterocycles. The van der Waals surface area contributed by atoms with Gasteiger partial charge in [-0.25, -0.2) is 9.97 Å². The van der Waals surface area contributed by atoms with Crippen LogP contribution < -0.4 is 20.7 Å². The molecule has 0 saturated heterocycles. The van der Waals surface area contributed by atoms with Crippen LogP contribution in [0.25, 0.3) is 22.2 Å². The zero-order chi connectivity index (χ0) is 24.5. The molecule has 9 nitrogen and oxygen atoms in total. The summed E-state index contributed by atoms with van der Waals surface area (Å²) in [4.78, 5) is 12.9. The van der Waals surface area contributed by atoms with Gasteiger partial charge in [-0.1, -0.05) is 18.2 Å². The highest BCUT2D eigenvalue weighted by atomic mass is 16.5. The third kappa shape index (κ3) is 3.98. The number of nitriles is 1. The second-order valence-electron chi connectivity index (χ2n) is 8.14. The highest BCUT2D eigenvalue weighted by Crippen LogP contribution is 2.38. The quantitative estimate of drug-likeness (QED) is 0.415. The van der Waals surface area contributed by atoms with Crippen LogP contribution in [0.5, 0.6) is 5.75 Å². The average Bonchev–Trinajstić information content (AvgIpc) is 3.21. The Bertz CT molecular complexity index is 1510. The first-order chi connectivity index (χ1) is 17.0. The molecule has 0 atom stereocenters. The van der Waals surface area contributed by atoms with E-state index in [0.29, 0.717) is 34.3 Å². The Morgan fingerprint density at radius 1 is 1.09 bits per heavy atom. The number of hydrogen-bond donors (Lipinski definition) is 2. The van der Waals surface area contributed by atoms with E-state index >= 15 is 0 Å². The maximum Gasteiger partial charge on any atom is 0.227 e. The Kier molecular flexibility index (Phi) is 5.47. The summed E-state index contributed by atoms with van der Waals surface area (Å²) in [5, 5.41) is 13.9. The summed E-state index contributed by atoms with van der Waals surface area (Å²) < 4.78 is 7.65. The van der Waals surface area contributed by atoms with Gasteiger partial charge in [-0.05, 0) is 12.1 Å². The Balaban J connectivity index is 1.54. The smallest absolute Gasteiger partial charge is 0.227 e. The maximum absolute atomic E-state index is 9.72. The number of nitrogen functional groups attached to an aromatic ring is 1. The lowest BCUT2D eigenvalue weighted by atomic mass is 10.1. The maximum atomic E-state index is 9.72. The predicted octanol–water partition coefficient (Wildman–Crippen LogP) is 4.54. The number of rotatable bonds is 5. The monoisotopic (exact) mass is 464 g/mol. The zero-order valence-corrected chi connectivity index (χ0v) is 19.6. The molecule has 5 rings (SSSR count). The van der Waals surface area contributed by atoms with E-state index in [1.54, 1.807) is 13.2 Å². The van der Waals surface area contributed by atoms with Crippen molar-refractivity contribution in [1.29, 1.82) is 5.26 Å². The number of nitrogens with one attached hydrogen (secondary N) is 1. The summed E-state index contributed by atoms with van der Waals surface area (Å²) >= 11 is 0. The van der Waals surface area contributed by atoms with Crippen molar-refractivity contribution in [3.63, 3.8) is 0 Å². The zero-order valence-electron chi connectivity index (χ0n) is 19.6. The Morgan fingerprint density at radius 2 is 1.86 bits per heavy atom. The molecule has 0 saturated carbocycles. The molecule has 9 heteroatoms. The fourth-order valence-corrected chi connectivity index (χ4v) is 4.07. The van der Waals surface area contributed by atoms with Crippen LogP contribution in [-0.4, -0.2) is 33.6 Å². The molecular formula is C26H24N8O.